The smallest absolute Gasteiger partial charge is 0.339 e. The van der Waals surface area contributed by atoms with Gasteiger partial charge in [0.15, 0.2) is 11.5 Å². The van der Waals surface area contributed by atoms with Crippen LogP contribution in [-0.2, 0) is 16.1 Å². The second-order valence-corrected chi connectivity index (χ2v) is 8.01. The summed E-state index contributed by atoms with van der Waals surface area (Å²) in [6.07, 6.45) is 5.70. The van der Waals surface area contributed by atoms with Gasteiger partial charge in [-0.25, -0.2) is 14.8 Å². The van der Waals surface area contributed by atoms with Crippen molar-refractivity contribution in [2.24, 2.45) is 0 Å². The molecule has 0 radical (unpaired) electrons. The molecule has 0 amide bonds. The molecule has 1 fully saturated rings. The van der Waals surface area contributed by atoms with Gasteiger partial charge in [-0.15, -0.1) is 0 Å². The molecule has 0 N–H and O–H groups in total. The van der Waals surface area contributed by atoms with Gasteiger partial charge in [0.1, 0.15) is 6.61 Å². The third kappa shape index (κ3) is 3.31. The van der Waals surface area contributed by atoms with E-state index in [1.807, 2.05) is 18.2 Å². The van der Waals surface area contributed by atoms with Crippen LogP contribution >= 0.6 is 0 Å². The van der Waals surface area contributed by atoms with E-state index in [0.29, 0.717) is 29.6 Å². The molecule has 32 heavy (non-hydrogen) atoms. The normalized spacial score (nSPS) is 17.5. The minimum absolute atomic E-state index is 0.247. The van der Waals surface area contributed by atoms with Crippen LogP contribution in [0.15, 0.2) is 30.6 Å². The number of rotatable bonds is 6. The van der Waals surface area contributed by atoms with Crippen molar-refractivity contribution in [3.8, 4) is 22.6 Å². The molecule has 8 heteroatoms. The molecular weight excluding hydrogens is 410 g/mol. The van der Waals surface area contributed by atoms with Crippen LogP contribution in [0.2, 0.25) is 0 Å². The number of cyclic esters (lactones) is 1. The van der Waals surface area contributed by atoms with Gasteiger partial charge in [-0.3, -0.25) is 0 Å². The van der Waals surface area contributed by atoms with Crippen molar-refractivity contribution in [3.63, 3.8) is 0 Å². The molecule has 2 aliphatic heterocycles. The minimum Gasteiger partial charge on any atom is -0.493 e. The van der Waals surface area contributed by atoms with Crippen LogP contribution < -0.4 is 14.4 Å². The number of carbonyl (C=O) groups is 1. The summed E-state index contributed by atoms with van der Waals surface area (Å²) in [7, 11) is 4.91. The summed E-state index contributed by atoms with van der Waals surface area (Å²) >= 11 is 0. The fourth-order valence-corrected chi connectivity index (χ4v) is 4.71. The first kappa shape index (κ1) is 20.5. The lowest BCUT2D eigenvalue weighted by atomic mass is 9.91. The molecule has 0 unspecified atom stereocenters. The fourth-order valence-electron chi connectivity index (χ4n) is 4.71. The zero-order valence-electron chi connectivity index (χ0n) is 18.4. The molecule has 166 valence electrons. The number of ether oxygens (including phenoxy) is 4. The van der Waals surface area contributed by atoms with E-state index < -0.39 is 0 Å². The van der Waals surface area contributed by atoms with E-state index in [4.69, 9.17) is 18.9 Å². The average molecular weight is 435 g/mol. The Kier molecular flexibility index (Phi) is 5.30. The third-order valence-electron chi connectivity index (χ3n) is 6.21. The molecular formula is C24H25N3O5. The Balaban J connectivity index is 1.64. The maximum absolute atomic E-state index is 12.6. The van der Waals surface area contributed by atoms with Crippen molar-refractivity contribution in [3.05, 3.63) is 41.7 Å². The Labute approximate surface area is 186 Å². The lowest BCUT2D eigenvalue weighted by molar-refractivity contribution is 0.0535. The Morgan fingerprint density at radius 2 is 1.81 bits per heavy atom. The predicted molar refractivity (Wildman–Crippen MR) is 119 cm³/mol. The van der Waals surface area contributed by atoms with E-state index in [1.54, 1.807) is 33.7 Å². The van der Waals surface area contributed by atoms with Gasteiger partial charge in [0.25, 0.3) is 0 Å². The topological polar surface area (TPSA) is 83.0 Å². The number of nitrogens with zero attached hydrogens (tertiary/aromatic N) is 3. The summed E-state index contributed by atoms with van der Waals surface area (Å²) in [6, 6.07) is 6.04. The standard InChI is InChI=1S/C24H25N3O5/c1-29-13-17-5-4-6-27(17)24-25-10-16(11-26-24)21-18-9-20(31-3)19(30-2)8-14(18)7-15-12-32-23(28)22(15)21/h7-11,17H,4-6,12-13H2,1-3H3/t17-/m1/s1. The number of hydrogen-bond donors (Lipinski definition) is 0. The molecule has 1 atom stereocenters. The summed E-state index contributed by atoms with van der Waals surface area (Å²) in [4.78, 5) is 24.1. The fraction of sp³-hybridized carbons (Fsp3) is 0.375. The van der Waals surface area contributed by atoms with E-state index in [1.165, 1.54) is 0 Å². The molecule has 8 nitrogen and oxygen atoms in total. The lowest BCUT2D eigenvalue weighted by Gasteiger charge is -2.24. The van der Waals surface area contributed by atoms with Crippen LogP contribution in [-0.4, -0.2) is 56.5 Å². The van der Waals surface area contributed by atoms with Crippen molar-refractivity contribution in [1.82, 2.24) is 9.97 Å². The SMILES string of the molecule is COC[C@H]1CCCN1c1ncc(-c2c3c(cc4cc(OC)c(OC)cc24)COC3=O)cn1. The minimum atomic E-state index is -0.338. The highest BCUT2D eigenvalue weighted by molar-refractivity contribution is 6.11. The number of aromatic nitrogens is 2. The van der Waals surface area contributed by atoms with Crippen LogP contribution in [0.1, 0.15) is 28.8 Å². The van der Waals surface area contributed by atoms with Gasteiger partial charge in [0.2, 0.25) is 5.95 Å². The Morgan fingerprint density at radius 3 is 2.53 bits per heavy atom. The van der Waals surface area contributed by atoms with Crippen molar-refractivity contribution in [1.29, 1.82) is 0 Å². The molecule has 1 saturated heterocycles. The summed E-state index contributed by atoms with van der Waals surface area (Å²) in [5, 5.41) is 1.79. The second-order valence-electron chi connectivity index (χ2n) is 8.01. The molecule has 3 aromatic rings. The molecule has 0 aliphatic carbocycles. The van der Waals surface area contributed by atoms with Gasteiger partial charge in [-0.05, 0) is 41.8 Å². The van der Waals surface area contributed by atoms with E-state index in [0.717, 1.165) is 46.8 Å². The molecule has 2 aromatic carbocycles. The number of hydrogen-bond acceptors (Lipinski definition) is 8. The molecule has 1 aromatic heterocycles. The number of anilines is 1. The van der Waals surface area contributed by atoms with Gasteiger partial charge < -0.3 is 23.8 Å². The highest BCUT2D eigenvalue weighted by atomic mass is 16.5. The van der Waals surface area contributed by atoms with Crippen LogP contribution in [0.5, 0.6) is 11.5 Å². The summed E-state index contributed by atoms with van der Waals surface area (Å²) in [5.74, 6) is 1.55. The number of carbonyl (C=O) groups excluding carboxylic acids is 1. The van der Waals surface area contributed by atoms with Crippen molar-refractivity contribution in [2.75, 3.05) is 39.4 Å². The summed E-state index contributed by atoms with van der Waals surface area (Å²) < 4.78 is 21.7. The second kappa shape index (κ2) is 8.27. The third-order valence-corrected chi connectivity index (χ3v) is 6.21. The Bertz CT molecular complexity index is 1180. The van der Waals surface area contributed by atoms with Gasteiger partial charge in [0, 0.05) is 42.7 Å². The zero-order valence-corrected chi connectivity index (χ0v) is 18.4. The van der Waals surface area contributed by atoms with E-state index in [9.17, 15) is 4.79 Å². The first-order chi connectivity index (χ1) is 15.6. The number of esters is 1. The monoisotopic (exact) mass is 435 g/mol. The first-order valence-electron chi connectivity index (χ1n) is 10.6. The highest BCUT2D eigenvalue weighted by Gasteiger charge is 2.30. The largest absolute Gasteiger partial charge is 0.493 e. The van der Waals surface area contributed by atoms with E-state index in [2.05, 4.69) is 14.9 Å². The number of benzene rings is 2. The Morgan fingerprint density at radius 1 is 1.06 bits per heavy atom. The van der Waals surface area contributed by atoms with E-state index in [-0.39, 0.29) is 18.6 Å². The van der Waals surface area contributed by atoms with Crippen LogP contribution in [0.25, 0.3) is 21.9 Å². The molecule has 5 rings (SSSR count). The first-order valence-corrected chi connectivity index (χ1v) is 10.6. The van der Waals surface area contributed by atoms with Gasteiger partial charge >= 0.3 is 5.97 Å². The van der Waals surface area contributed by atoms with Crippen molar-refractivity contribution < 1.29 is 23.7 Å². The zero-order chi connectivity index (χ0) is 22.2. The van der Waals surface area contributed by atoms with Gasteiger partial charge in [0.05, 0.1) is 32.4 Å². The average Bonchev–Trinajstić information content (AvgIpc) is 3.43. The summed E-state index contributed by atoms with van der Waals surface area (Å²) in [5.41, 5.74) is 2.90. The Hall–Kier alpha value is -3.39. The molecule has 3 heterocycles. The van der Waals surface area contributed by atoms with Crippen molar-refractivity contribution in [2.45, 2.75) is 25.5 Å². The lowest BCUT2D eigenvalue weighted by Crippen LogP contribution is -2.34. The van der Waals surface area contributed by atoms with E-state index >= 15 is 0 Å². The number of methoxy groups -OCH3 is 3. The van der Waals surface area contributed by atoms with Crippen molar-refractivity contribution >= 4 is 22.7 Å². The van der Waals surface area contributed by atoms with Gasteiger partial charge in [-0.1, -0.05) is 0 Å². The number of fused-ring (bicyclic) bond motifs is 2. The van der Waals surface area contributed by atoms with Crippen LogP contribution in [0.3, 0.4) is 0 Å². The molecule has 2 aliphatic rings. The van der Waals surface area contributed by atoms with Gasteiger partial charge in [-0.2, -0.15) is 0 Å². The molecule has 0 bridgehead atoms. The molecule has 0 spiro atoms. The van der Waals surface area contributed by atoms with Crippen LogP contribution in [0, 0.1) is 0 Å². The maximum atomic E-state index is 12.6. The maximum Gasteiger partial charge on any atom is 0.339 e. The quantitative estimate of drug-likeness (QED) is 0.543. The molecule has 0 saturated carbocycles. The highest BCUT2D eigenvalue weighted by Crippen LogP contribution is 2.42. The summed E-state index contributed by atoms with van der Waals surface area (Å²) in [6.45, 7) is 1.80. The predicted octanol–water partition coefficient (Wildman–Crippen LogP) is 3.60. The van der Waals surface area contributed by atoms with Crippen LogP contribution in [0.4, 0.5) is 5.95 Å².